The molecular formula is C9H12N6OS. The molecule has 0 fully saturated rings. The lowest BCUT2D eigenvalue weighted by molar-refractivity contribution is 0.0965. The Hall–Kier alpha value is -2.09. The predicted octanol–water partition coefficient (Wildman–Crippen LogP) is 0.420. The van der Waals surface area contributed by atoms with Crippen molar-refractivity contribution in [2.75, 3.05) is 18.1 Å². The maximum absolute atomic E-state index is 11.6. The van der Waals surface area contributed by atoms with Crippen LogP contribution in [-0.2, 0) is 6.54 Å². The fourth-order valence-corrected chi connectivity index (χ4v) is 2.03. The quantitative estimate of drug-likeness (QED) is 0.630. The van der Waals surface area contributed by atoms with Gasteiger partial charge in [0.2, 0.25) is 0 Å². The number of nitrogen functional groups attached to an aromatic ring is 1. The van der Waals surface area contributed by atoms with Gasteiger partial charge < -0.3 is 16.4 Å². The Kier molecular flexibility index (Phi) is 3.24. The van der Waals surface area contributed by atoms with Gasteiger partial charge in [0, 0.05) is 25.4 Å². The zero-order chi connectivity index (χ0) is 12.3. The molecule has 0 saturated carbocycles. The van der Waals surface area contributed by atoms with E-state index in [1.807, 2.05) is 0 Å². The van der Waals surface area contributed by atoms with Crippen LogP contribution in [0.3, 0.4) is 0 Å². The smallest absolute Gasteiger partial charge is 0.257 e. The summed E-state index contributed by atoms with van der Waals surface area (Å²) in [7, 11) is 1.55. The normalized spacial score (nSPS) is 10.2. The van der Waals surface area contributed by atoms with E-state index in [0.717, 1.165) is 17.1 Å². The van der Waals surface area contributed by atoms with Gasteiger partial charge >= 0.3 is 0 Å². The van der Waals surface area contributed by atoms with Gasteiger partial charge in [-0.1, -0.05) is 0 Å². The number of H-pyrrole nitrogens is 1. The zero-order valence-electron chi connectivity index (χ0n) is 9.15. The van der Waals surface area contributed by atoms with Crippen LogP contribution in [0.15, 0.2) is 12.4 Å². The molecule has 0 radical (unpaired) electrons. The van der Waals surface area contributed by atoms with Gasteiger partial charge in [-0.3, -0.25) is 9.89 Å². The summed E-state index contributed by atoms with van der Waals surface area (Å²) in [6.07, 6.45) is 3.48. The maximum atomic E-state index is 11.6. The van der Waals surface area contributed by atoms with E-state index >= 15 is 0 Å². The highest BCUT2D eigenvalue weighted by atomic mass is 32.1. The van der Waals surface area contributed by atoms with Gasteiger partial charge in [-0.15, -0.1) is 0 Å². The molecule has 1 amide bonds. The standard InChI is InChI=1S/C9H12N6OS/c1-11-8(16)6-7(10)15-17-9(6)12-2-5-3-13-14-4-5/h3-4,12H,2H2,1H3,(H2,10,15)(H,11,16)(H,13,14). The molecule has 0 aliphatic carbocycles. The number of carbonyl (C=O) groups is 1. The van der Waals surface area contributed by atoms with E-state index in [-0.39, 0.29) is 11.7 Å². The first-order valence-electron chi connectivity index (χ1n) is 4.91. The second-order valence-electron chi connectivity index (χ2n) is 3.31. The second kappa shape index (κ2) is 4.83. The van der Waals surface area contributed by atoms with Gasteiger partial charge in [0.1, 0.15) is 10.6 Å². The molecule has 2 aromatic rings. The first-order valence-corrected chi connectivity index (χ1v) is 5.68. The average molecular weight is 252 g/mol. The highest BCUT2D eigenvalue weighted by Crippen LogP contribution is 2.26. The number of hydrogen-bond donors (Lipinski definition) is 4. The molecule has 0 saturated heterocycles. The predicted molar refractivity (Wildman–Crippen MR) is 65.8 cm³/mol. The van der Waals surface area contributed by atoms with Crippen LogP contribution in [0.2, 0.25) is 0 Å². The van der Waals surface area contributed by atoms with Gasteiger partial charge in [-0.25, -0.2) is 0 Å². The summed E-state index contributed by atoms with van der Waals surface area (Å²) < 4.78 is 3.96. The van der Waals surface area contributed by atoms with Gasteiger partial charge in [-0.2, -0.15) is 9.47 Å². The summed E-state index contributed by atoms with van der Waals surface area (Å²) in [6.45, 7) is 0.558. The molecule has 5 N–H and O–H groups in total. The van der Waals surface area contributed by atoms with Gasteiger partial charge in [-0.05, 0) is 11.5 Å². The fourth-order valence-electron chi connectivity index (χ4n) is 1.32. The fraction of sp³-hybridized carbons (Fsp3) is 0.222. The lowest BCUT2D eigenvalue weighted by atomic mass is 10.3. The van der Waals surface area contributed by atoms with E-state index in [2.05, 4.69) is 25.2 Å². The molecule has 0 aliphatic heterocycles. The van der Waals surface area contributed by atoms with Crippen molar-refractivity contribution in [1.29, 1.82) is 0 Å². The number of nitrogens with two attached hydrogens (primary N) is 1. The van der Waals surface area contributed by atoms with Crippen molar-refractivity contribution in [3.05, 3.63) is 23.5 Å². The molecule has 0 bridgehead atoms. The molecule has 0 aromatic carbocycles. The van der Waals surface area contributed by atoms with Crippen LogP contribution in [0.1, 0.15) is 15.9 Å². The van der Waals surface area contributed by atoms with Gasteiger partial charge in [0.15, 0.2) is 5.82 Å². The van der Waals surface area contributed by atoms with E-state index in [4.69, 9.17) is 5.73 Å². The van der Waals surface area contributed by atoms with E-state index in [0.29, 0.717) is 17.1 Å². The summed E-state index contributed by atoms with van der Waals surface area (Å²) in [6, 6.07) is 0. The maximum Gasteiger partial charge on any atom is 0.257 e. The van der Waals surface area contributed by atoms with Crippen LogP contribution in [0, 0.1) is 0 Å². The number of hydrogen-bond acceptors (Lipinski definition) is 6. The molecule has 0 atom stereocenters. The van der Waals surface area contributed by atoms with Crippen LogP contribution < -0.4 is 16.4 Å². The number of nitrogens with zero attached hydrogens (tertiary/aromatic N) is 2. The summed E-state index contributed by atoms with van der Waals surface area (Å²) >= 11 is 1.16. The van der Waals surface area contributed by atoms with Crippen LogP contribution >= 0.6 is 11.5 Å². The Labute approximate surface area is 102 Å². The van der Waals surface area contributed by atoms with Crippen molar-refractivity contribution < 1.29 is 4.79 Å². The molecule has 7 nitrogen and oxygen atoms in total. The molecule has 90 valence electrons. The monoisotopic (exact) mass is 252 g/mol. The summed E-state index contributed by atoms with van der Waals surface area (Å²) in [5.74, 6) is -0.00464. The van der Waals surface area contributed by atoms with Crippen LogP contribution in [0.5, 0.6) is 0 Å². The Morgan fingerprint density at radius 1 is 1.65 bits per heavy atom. The van der Waals surface area contributed by atoms with Crippen LogP contribution in [-0.4, -0.2) is 27.5 Å². The molecular weight excluding hydrogens is 240 g/mol. The molecule has 2 rings (SSSR count). The molecule has 17 heavy (non-hydrogen) atoms. The van der Waals surface area contributed by atoms with E-state index in [9.17, 15) is 4.79 Å². The molecule has 2 heterocycles. The molecule has 0 aliphatic rings. The van der Waals surface area contributed by atoms with Crippen molar-refractivity contribution in [2.24, 2.45) is 0 Å². The number of carbonyl (C=O) groups excluding carboxylic acids is 1. The Balaban J connectivity index is 2.13. The summed E-state index contributed by atoms with van der Waals surface area (Å²) in [4.78, 5) is 11.6. The van der Waals surface area contributed by atoms with Crippen molar-refractivity contribution in [2.45, 2.75) is 6.54 Å². The largest absolute Gasteiger partial charge is 0.382 e. The summed E-state index contributed by atoms with van der Waals surface area (Å²) in [5.41, 5.74) is 7.02. The van der Waals surface area contributed by atoms with Crippen molar-refractivity contribution in [3.8, 4) is 0 Å². The third-order valence-corrected chi connectivity index (χ3v) is 3.00. The first kappa shape index (κ1) is 11.4. The van der Waals surface area contributed by atoms with Gasteiger partial charge in [0.25, 0.3) is 5.91 Å². The van der Waals surface area contributed by atoms with Crippen molar-refractivity contribution >= 4 is 28.3 Å². The topological polar surface area (TPSA) is 109 Å². The lowest BCUT2D eigenvalue weighted by Crippen LogP contribution is -2.20. The third-order valence-electron chi connectivity index (χ3n) is 2.18. The van der Waals surface area contributed by atoms with E-state index in [1.54, 1.807) is 19.4 Å². The SMILES string of the molecule is CNC(=O)c1c(N)nsc1NCc1cn[nH]c1. The zero-order valence-corrected chi connectivity index (χ0v) is 9.97. The molecule has 2 aromatic heterocycles. The van der Waals surface area contributed by atoms with Crippen molar-refractivity contribution in [1.82, 2.24) is 19.9 Å². The van der Waals surface area contributed by atoms with Crippen LogP contribution in [0.25, 0.3) is 0 Å². The number of anilines is 2. The highest BCUT2D eigenvalue weighted by molar-refractivity contribution is 7.11. The number of aromatic nitrogens is 3. The van der Waals surface area contributed by atoms with E-state index < -0.39 is 0 Å². The number of amides is 1. The Bertz CT molecular complexity index is 506. The third kappa shape index (κ3) is 2.36. The molecule has 8 heteroatoms. The molecule has 0 spiro atoms. The highest BCUT2D eigenvalue weighted by Gasteiger charge is 2.17. The van der Waals surface area contributed by atoms with Crippen LogP contribution in [0.4, 0.5) is 10.8 Å². The first-order chi connectivity index (χ1) is 8.22. The average Bonchev–Trinajstić information content (AvgIpc) is 2.95. The Morgan fingerprint density at radius 2 is 2.47 bits per heavy atom. The lowest BCUT2D eigenvalue weighted by Gasteiger charge is -2.04. The summed E-state index contributed by atoms with van der Waals surface area (Å²) in [5, 5.41) is 12.8. The number of rotatable bonds is 4. The minimum atomic E-state index is -0.244. The minimum Gasteiger partial charge on any atom is -0.382 e. The second-order valence-corrected chi connectivity index (χ2v) is 4.08. The Morgan fingerprint density at radius 3 is 3.12 bits per heavy atom. The number of nitrogens with one attached hydrogen (secondary N) is 3. The van der Waals surface area contributed by atoms with Crippen molar-refractivity contribution in [3.63, 3.8) is 0 Å². The van der Waals surface area contributed by atoms with Gasteiger partial charge in [0.05, 0.1) is 6.20 Å². The number of aromatic amines is 1. The minimum absolute atomic E-state index is 0.240. The molecule has 0 unspecified atom stereocenters. The van der Waals surface area contributed by atoms with E-state index in [1.165, 1.54) is 0 Å².